The molecule has 0 fully saturated rings. The Hall–Kier alpha value is -3.12. The predicted molar refractivity (Wildman–Crippen MR) is 112 cm³/mol. The van der Waals surface area contributed by atoms with E-state index in [1.165, 1.54) is 36.0 Å². The molecule has 0 aromatic heterocycles. The first-order valence-electron chi connectivity index (χ1n) is 9.02. The van der Waals surface area contributed by atoms with E-state index in [1.807, 2.05) is 37.3 Å². The van der Waals surface area contributed by atoms with Crippen LogP contribution >= 0.6 is 11.8 Å². The van der Waals surface area contributed by atoms with E-state index in [0.717, 1.165) is 10.5 Å². The maximum Gasteiger partial charge on any atom is 0.317 e. The lowest BCUT2D eigenvalue weighted by Gasteiger charge is -2.18. The first kappa shape index (κ1) is 20.6. The molecule has 3 aromatic rings. The van der Waals surface area contributed by atoms with Gasteiger partial charge in [0.2, 0.25) is 6.10 Å². The van der Waals surface area contributed by atoms with Gasteiger partial charge < -0.3 is 10.1 Å². The zero-order valence-corrected chi connectivity index (χ0v) is 16.6. The molecule has 0 unspecified atom stereocenters. The number of thioether (sulfide) groups is 1. The van der Waals surface area contributed by atoms with Gasteiger partial charge in [-0.15, -0.1) is 11.8 Å². The zero-order valence-electron chi connectivity index (χ0n) is 15.8. The summed E-state index contributed by atoms with van der Waals surface area (Å²) in [6, 6.07) is 21.9. The molecule has 0 saturated heterocycles. The summed E-state index contributed by atoms with van der Waals surface area (Å²) >= 11 is 1.36. The summed E-state index contributed by atoms with van der Waals surface area (Å²) in [5, 5.41) is 2.67. The highest BCUT2D eigenvalue weighted by molar-refractivity contribution is 8.00. The van der Waals surface area contributed by atoms with Crippen molar-refractivity contribution < 1.29 is 18.7 Å². The van der Waals surface area contributed by atoms with Crippen molar-refractivity contribution in [3.63, 3.8) is 0 Å². The standard InChI is InChI=1S/C23H20FNO3S/c1-16-7-5-6-10-20(16)29-15-21(26)28-22(17-8-3-2-4-9-17)23(27)25-19-13-11-18(24)12-14-19/h2-14,22H,15H2,1H3,(H,25,27)/t22-/m0/s1. The first-order valence-corrected chi connectivity index (χ1v) is 10.0. The number of esters is 1. The Kier molecular flexibility index (Phi) is 7.03. The van der Waals surface area contributed by atoms with E-state index < -0.39 is 23.8 Å². The minimum atomic E-state index is -1.11. The number of nitrogens with one attached hydrogen (secondary N) is 1. The Morgan fingerprint density at radius 1 is 0.966 bits per heavy atom. The topological polar surface area (TPSA) is 55.4 Å². The van der Waals surface area contributed by atoms with E-state index >= 15 is 0 Å². The lowest BCUT2D eigenvalue weighted by atomic mass is 10.1. The quantitative estimate of drug-likeness (QED) is 0.433. The zero-order chi connectivity index (χ0) is 20.6. The van der Waals surface area contributed by atoms with Crippen LogP contribution in [0.4, 0.5) is 10.1 Å². The number of halogens is 1. The molecule has 148 valence electrons. The van der Waals surface area contributed by atoms with Crippen LogP contribution in [0.5, 0.6) is 0 Å². The van der Waals surface area contributed by atoms with Gasteiger partial charge in [-0.1, -0.05) is 48.5 Å². The van der Waals surface area contributed by atoms with Crippen LogP contribution in [0, 0.1) is 12.7 Å². The lowest BCUT2D eigenvalue weighted by Crippen LogP contribution is -2.26. The second kappa shape index (κ2) is 9.89. The predicted octanol–water partition coefficient (Wildman–Crippen LogP) is 5.15. The number of hydrogen-bond donors (Lipinski definition) is 1. The van der Waals surface area contributed by atoms with Crippen molar-refractivity contribution in [2.24, 2.45) is 0 Å². The number of amides is 1. The third kappa shape index (κ3) is 5.93. The van der Waals surface area contributed by atoms with Gasteiger partial charge in [-0.2, -0.15) is 0 Å². The summed E-state index contributed by atoms with van der Waals surface area (Å²) in [4.78, 5) is 26.2. The molecule has 0 aliphatic heterocycles. The van der Waals surface area contributed by atoms with Crippen molar-refractivity contribution in [2.75, 3.05) is 11.1 Å². The smallest absolute Gasteiger partial charge is 0.317 e. The monoisotopic (exact) mass is 409 g/mol. The molecular weight excluding hydrogens is 389 g/mol. The second-order valence-corrected chi connectivity index (χ2v) is 7.35. The van der Waals surface area contributed by atoms with Gasteiger partial charge in [-0.25, -0.2) is 4.39 Å². The first-order chi connectivity index (χ1) is 14.0. The highest BCUT2D eigenvalue weighted by atomic mass is 32.2. The number of hydrogen-bond acceptors (Lipinski definition) is 4. The van der Waals surface area contributed by atoms with E-state index in [-0.39, 0.29) is 5.75 Å². The Morgan fingerprint density at radius 3 is 2.31 bits per heavy atom. The average Bonchev–Trinajstić information content (AvgIpc) is 2.73. The molecular formula is C23H20FNO3S. The van der Waals surface area contributed by atoms with Crippen molar-refractivity contribution >= 4 is 29.3 Å². The molecule has 6 heteroatoms. The summed E-state index contributed by atoms with van der Waals surface area (Å²) in [6.45, 7) is 1.97. The summed E-state index contributed by atoms with van der Waals surface area (Å²) in [5.74, 6) is -1.32. The number of anilines is 1. The van der Waals surface area contributed by atoms with Crippen LogP contribution in [-0.2, 0) is 14.3 Å². The Morgan fingerprint density at radius 2 is 1.62 bits per heavy atom. The number of rotatable bonds is 7. The van der Waals surface area contributed by atoms with Gasteiger partial charge in [0.15, 0.2) is 0 Å². The molecule has 29 heavy (non-hydrogen) atoms. The maximum atomic E-state index is 13.1. The van der Waals surface area contributed by atoms with Crippen molar-refractivity contribution in [3.8, 4) is 0 Å². The lowest BCUT2D eigenvalue weighted by molar-refractivity contribution is -0.152. The molecule has 1 N–H and O–H groups in total. The summed E-state index contributed by atoms with van der Waals surface area (Å²) in [7, 11) is 0. The average molecular weight is 409 g/mol. The number of aryl methyl sites for hydroxylation is 1. The third-order valence-corrected chi connectivity index (χ3v) is 5.29. The minimum absolute atomic E-state index is 0.0814. The summed E-state index contributed by atoms with van der Waals surface area (Å²) < 4.78 is 18.6. The number of carbonyl (C=O) groups excluding carboxylic acids is 2. The molecule has 0 heterocycles. The van der Waals surface area contributed by atoms with E-state index in [9.17, 15) is 14.0 Å². The number of ether oxygens (including phenoxy) is 1. The highest BCUT2D eigenvalue weighted by Crippen LogP contribution is 2.24. The van der Waals surface area contributed by atoms with E-state index in [4.69, 9.17) is 4.74 Å². The van der Waals surface area contributed by atoms with Gasteiger partial charge in [0.1, 0.15) is 5.82 Å². The Labute approximate surface area is 173 Å². The molecule has 0 aliphatic rings. The van der Waals surface area contributed by atoms with Crippen molar-refractivity contribution in [1.29, 1.82) is 0 Å². The largest absolute Gasteiger partial charge is 0.447 e. The minimum Gasteiger partial charge on any atom is -0.447 e. The van der Waals surface area contributed by atoms with Gasteiger partial charge in [0.25, 0.3) is 5.91 Å². The molecule has 0 radical (unpaired) electrons. The normalized spacial score (nSPS) is 11.5. The molecule has 3 aromatic carbocycles. The van der Waals surface area contributed by atoms with Crippen LogP contribution in [0.25, 0.3) is 0 Å². The Bertz CT molecular complexity index is 977. The molecule has 1 amide bonds. The number of carbonyl (C=O) groups is 2. The fourth-order valence-corrected chi connectivity index (χ4v) is 3.47. The van der Waals surface area contributed by atoms with Gasteiger partial charge in [0.05, 0.1) is 5.75 Å². The molecule has 0 spiro atoms. The van der Waals surface area contributed by atoms with Gasteiger partial charge in [0, 0.05) is 16.1 Å². The van der Waals surface area contributed by atoms with E-state index in [0.29, 0.717) is 11.3 Å². The maximum absolute atomic E-state index is 13.1. The van der Waals surface area contributed by atoms with Crippen LogP contribution in [0.2, 0.25) is 0 Å². The van der Waals surface area contributed by atoms with Gasteiger partial charge >= 0.3 is 5.97 Å². The number of benzene rings is 3. The third-order valence-electron chi connectivity index (χ3n) is 4.14. The fourth-order valence-electron chi connectivity index (χ4n) is 2.66. The van der Waals surface area contributed by atoms with Crippen LogP contribution in [0.15, 0.2) is 83.8 Å². The fraction of sp³-hybridized carbons (Fsp3) is 0.130. The molecule has 0 bridgehead atoms. The molecule has 4 nitrogen and oxygen atoms in total. The second-order valence-electron chi connectivity index (χ2n) is 6.33. The SMILES string of the molecule is Cc1ccccc1SCC(=O)O[C@H](C(=O)Nc1ccc(F)cc1)c1ccccc1. The van der Waals surface area contributed by atoms with Gasteiger partial charge in [-0.3, -0.25) is 9.59 Å². The van der Waals surface area contributed by atoms with Crippen molar-refractivity contribution in [3.05, 3.63) is 95.8 Å². The molecule has 0 aliphatic carbocycles. The van der Waals surface area contributed by atoms with Crippen molar-refractivity contribution in [1.82, 2.24) is 0 Å². The van der Waals surface area contributed by atoms with Crippen LogP contribution in [0.3, 0.4) is 0 Å². The van der Waals surface area contributed by atoms with E-state index in [2.05, 4.69) is 5.32 Å². The molecule has 0 saturated carbocycles. The van der Waals surface area contributed by atoms with Gasteiger partial charge in [-0.05, 0) is 42.8 Å². The van der Waals surface area contributed by atoms with Crippen LogP contribution in [-0.4, -0.2) is 17.6 Å². The molecule has 1 atom stereocenters. The van der Waals surface area contributed by atoms with Crippen LogP contribution in [0.1, 0.15) is 17.2 Å². The van der Waals surface area contributed by atoms with Crippen molar-refractivity contribution in [2.45, 2.75) is 17.9 Å². The van der Waals surface area contributed by atoms with Crippen LogP contribution < -0.4 is 5.32 Å². The summed E-state index contributed by atoms with van der Waals surface area (Å²) in [5.41, 5.74) is 2.04. The highest BCUT2D eigenvalue weighted by Gasteiger charge is 2.25. The van der Waals surface area contributed by atoms with E-state index in [1.54, 1.807) is 24.3 Å². The summed E-state index contributed by atoms with van der Waals surface area (Å²) in [6.07, 6.45) is -1.11. The molecule has 3 rings (SSSR count). The Balaban J connectivity index is 1.70.